The topological polar surface area (TPSA) is 55.6 Å². The molecule has 4 atom stereocenters. The summed E-state index contributed by atoms with van der Waals surface area (Å²) in [5, 5.41) is 0. The zero-order valence-electron chi connectivity index (χ0n) is 15.5. The van der Waals surface area contributed by atoms with E-state index in [4.69, 9.17) is 10.5 Å². The van der Waals surface area contributed by atoms with Crippen molar-refractivity contribution in [1.82, 2.24) is 4.90 Å². The lowest BCUT2D eigenvalue weighted by molar-refractivity contribution is -0.145. The Kier molecular flexibility index (Phi) is 6.89. The zero-order chi connectivity index (χ0) is 17.3. The van der Waals surface area contributed by atoms with Crippen molar-refractivity contribution in [2.75, 3.05) is 13.2 Å². The molecule has 140 valence electrons. The van der Waals surface area contributed by atoms with Gasteiger partial charge in [-0.2, -0.15) is 0 Å². The number of hydrogen-bond donors (Lipinski definition) is 1. The first-order valence-corrected chi connectivity index (χ1v) is 9.19. The molecular weight excluding hydrogens is 336 g/mol. The summed E-state index contributed by atoms with van der Waals surface area (Å²) in [6.07, 6.45) is 3.86. The van der Waals surface area contributed by atoms with Gasteiger partial charge in [-0.05, 0) is 50.7 Å². The number of rotatable bonds is 3. The van der Waals surface area contributed by atoms with Crippen molar-refractivity contribution in [1.29, 1.82) is 0 Å². The standard InChI is InChI=1S/C20H30N2O2.ClH/c1-13-7-8-14(2)17(9-13)19-11-22(15(3)12-24-19)20(23)10-16-5-4-6-18(16)21;/h7-9,15-16,18-19H,4-6,10-12,21H2,1-3H3;1H/t15?,16-,18+,19?;/m0./s1. The molecule has 1 aromatic carbocycles. The van der Waals surface area contributed by atoms with Gasteiger partial charge in [0.1, 0.15) is 6.10 Å². The molecule has 0 radical (unpaired) electrons. The predicted octanol–water partition coefficient (Wildman–Crippen LogP) is 3.53. The number of aryl methyl sites for hydroxylation is 2. The Morgan fingerprint density at radius 3 is 2.76 bits per heavy atom. The van der Waals surface area contributed by atoms with E-state index in [0.29, 0.717) is 25.5 Å². The lowest BCUT2D eigenvalue weighted by Crippen LogP contribution is -2.49. The molecule has 1 aromatic rings. The number of carbonyl (C=O) groups excluding carboxylic acids is 1. The maximum absolute atomic E-state index is 12.9. The minimum Gasteiger partial charge on any atom is -0.370 e. The molecule has 25 heavy (non-hydrogen) atoms. The molecule has 1 aliphatic heterocycles. The molecule has 0 aromatic heterocycles. The number of nitrogens with two attached hydrogens (primary N) is 1. The second-order valence-electron chi connectivity index (χ2n) is 7.64. The first-order valence-electron chi connectivity index (χ1n) is 9.19. The van der Waals surface area contributed by atoms with Crippen LogP contribution in [0.2, 0.25) is 0 Å². The van der Waals surface area contributed by atoms with Crippen LogP contribution in [-0.4, -0.2) is 36.0 Å². The van der Waals surface area contributed by atoms with Crippen LogP contribution in [0, 0.1) is 19.8 Å². The van der Waals surface area contributed by atoms with Crippen molar-refractivity contribution in [2.45, 2.75) is 64.6 Å². The second-order valence-corrected chi connectivity index (χ2v) is 7.64. The largest absolute Gasteiger partial charge is 0.370 e. The number of nitrogens with zero attached hydrogens (tertiary/aromatic N) is 1. The van der Waals surface area contributed by atoms with Crippen molar-refractivity contribution in [2.24, 2.45) is 11.7 Å². The molecule has 1 saturated heterocycles. The van der Waals surface area contributed by atoms with Crippen molar-refractivity contribution >= 4 is 18.3 Å². The molecule has 4 nitrogen and oxygen atoms in total. The van der Waals surface area contributed by atoms with E-state index in [1.165, 1.54) is 16.7 Å². The first-order chi connectivity index (χ1) is 11.5. The quantitative estimate of drug-likeness (QED) is 0.890. The van der Waals surface area contributed by atoms with Gasteiger partial charge in [0.05, 0.1) is 19.2 Å². The van der Waals surface area contributed by atoms with Gasteiger partial charge in [-0.15, -0.1) is 12.4 Å². The summed E-state index contributed by atoms with van der Waals surface area (Å²) in [5.41, 5.74) is 9.81. The van der Waals surface area contributed by atoms with Crippen LogP contribution in [0.5, 0.6) is 0 Å². The van der Waals surface area contributed by atoms with E-state index in [-0.39, 0.29) is 36.5 Å². The average molecular weight is 367 g/mol. The third-order valence-corrected chi connectivity index (χ3v) is 5.69. The van der Waals surface area contributed by atoms with E-state index >= 15 is 0 Å². The summed E-state index contributed by atoms with van der Waals surface area (Å²) in [6, 6.07) is 6.77. The summed E-state index contributed by atoms with van der Waals surface area (Å²) in [7, 11) is 0. The van der Waals surface area contributed by atoms with Gasteiger partial charge >= 0.3 is 0 Å². The molecule has 2 aliphatic rings. The third kappa shape index (κ3) is 4.55. The third-order valence-electron chi connectivity index (χ3n) is 5.69. The molecular formula is C20H31ClN2O2. The van der Waals surface area contributed by atoms with Gasteiger partial charge < -0.3 is 15.4 Å². The van der Waals surface area contributed by atoms with Gasteiger partial charge in [0, 0.05) is 12.5 Å². The second kappa shape index (κ2) is 8.52. The highest BCUT2D eigenvalue weighted by atomic mass is 35.5. The van der Waals surface area contributed by atoms with Crippen LogP contribution in [0.15, 0.2) is 18.2 Å². The molecule has 2 N–H and O–H groups in total. The van der Waals surface area contributed by atoms with E-state index in [2.05, 4.69) is 39.0 Å². The highest BCUT2D eigenvalue weighted by molar-refractivity contribution is 5.85. The average Bonchev–Trinajstić information content (AvgIpc) is 2.95. The molecule has 5 heteroatoms. The number of ether oxygens (including phenoxy) is 1. The van der Waals surface area contributed by atoms with Gasteiger partial charge in [0.25, 0.3) is 0 Å². The van der Waals surface area contributed by atoms with Crippen LogP contribution >= 0.6 is 12.4 Å². The Labute approximate surface area is 157 Å². The zero-order valence-corrected chi connectivity index (χ0v) is 16.3. The molecule has 2 fully saturated rings. The summed E-state index contributed by atoms with van der Waals surface area (Å²) >= 11 is 0. The fourth-order valence-electron chi connectivity index (χ4n) is 4.06. The lowest BCUT2D eigenvalue weighted by atomic mass is 9.96. The molecule has 1 saturated carbocycles. The van der Waals surface area contributed by atoms with E-state index in [0.717, 1.165) is 19.3 Å². The molecule has 0 spiro atoms. The number of benzene rings is 1. The van der Waals surface area contributed by atoms with Crippen LogP contribution in [0.25, 0.3) is 0 Å². The highest BCUT2D eigenvalue weighted by Gasteiger charge is 2.34. The van der Waals surface area contributed by atoms with Crippen molar-refractivity contribution < 1.29 is 9.53 Å². The maximum Gasteiger partial charge on any atom is 0.223 e. The van der Waals surface area contributed by atoms with Crippen LogP contribution < -0.4 is 5.73 Å². The Hall–Kier alpha value is -1.10. The Morgan fingerprint density at radius 1 is 1.32 bits per heavy atom. The summed E-state index contributed by atoms with van der Waals surface area (Å²) in [5.74, 6) is 0.593. The van der Waals surface area contributed by atoms with Gasteiger partial charge in [0.2, 0.25) is 5.91 Å². The maximum atomic E-state index is 12.9. The Bertz CT molecular complexity index is 607. The van der Waals surface area contributed by atoms with Crippen molar-refractivity contribution in [3.63, 3.8) is 0 Å². The van der Waals surface area contributed by atoms with Gasteiger partial charge in [-0.25, -0.2) is 0 Å². The van der Waals surface area contributed by atoms with Crippen molar-refractivity contribution in [3.05, 3.63) is 34.9 Å². The van der Waals surface area contributed by atoms with Crippen LogP contribution in [0.1, 0.15) is 55.4 Å². The van der Waals surface area contributed by atoms with E-state index in [1.807, 2.05) is 4.90 Å². The molecule has 2 unspecified atom stereocenters. The van der Waals surface area contributed by atoms with Crippen LogP contribution in [0.4, 0.5) is 0 Å². The number of hydrogen-bond acceptors (Lipinski definition) is 3. The lowest BCUT2D eigenvalue weighted by Gasteiger charge is -2.39. The predicted molar refractivity (Wildman–Crippen MR) is 103 cm³/mol. The highest BCUT2D eigenvalue weighted by Crippen LogP contribution is 2.31. The van der Waals surface area contributed by atoms with Crippen molar-refractivity contribution in [3.8, 4) is 0 Å². The Morgan fingerprint density at radius 2 is 2.08 bits per heavy atom. The Balaban J connectivity index is 0.00000225. The van der Waals surface area contributed by atoms with Crippen LogP contribution in [-0.2, 0) is 9.53 Å². The SMILES string of the molecule is Cc1ccc(C)c(C2CN(C(=O)C[C@@H]3CCC[C@H]3N)C(C)CO2)c1.Cl. The molecule has 1 amide bonds. The fourth-order valence-corrected chi connectivity index (χ4v) is 4.06. The number of amides is 1. The summed E-state index contributed by atoms with van der Waals surface area (Å²) in [6.45, 7) is 7.53. The number of morpholine rings is 1. The molecule has 3 rings (SSSR count). The smallest absolute Gasteiger partial charge is 0.223 e. The van der Waals surface area contributed by atoms with E-state index < -0.39 is 0 Å². The van der Waals surface area contributed by atoms with Gasteiger partial charge in [-0.3, -0.25) is 4.79 Å². The van der Waals surface area contributed by atoms with E-state index in [1.54, 1.807) is 0 Å². The monoisotopic (exact) mass is 366 g/mol. The van der Waals surface area contributed by atoms with Crippen LogP contribution in [0.3, 0.4) is 0 Å². The minimum absolute atomic E-state index is 0. The molecule has 1 aliphatic carbocycles. The van der Waals surface area contributed by atoms with Gasteiger partial charge in [0.15, 0.2) is 0 Å². The molecule has 0 bridgehead atoms. The summed E-state index contributed by atoms with van der Waals surface area (Å²) < 4.78 is 6.07. The first kappa shape index (κ1) is 20.2. The van der Waals surface area contributed by atoms with E-state index in [9.17, 15) is 4.79 Å². The number of halogens is 1. The minimum atomic E-state index is -0.0256. The van der Waals surface area contributed by atoms with Gasteiger partial charge in [-0.1, -0.05) is 30.2 Å². The normalized spacial score (nSPS) is 29.4. The fraction of sp³-hybridized carbons (Fsp3) is 0.650. The number of carbonyl (C=O) groups is 1. The summed E-state index contributed by atoms with van der Waals surface area (Å²) in [4.78, 5) is 14.9. The molecule has 1 heterocycles.